The van der Waals surface area contributed by atoms with E-state index < -0.39 is 0 Å². The Bertz CT molecular complexity index is 398. The molecule has 2 heterocycles. The Morgan fingerprint density at radius 2 is 2.25 bits per heavy atom. The van der Waals surface area contributed by atoms with Gasteiger partial charge in [-0.3, -0.25) is 0 Å². The number of fused-ring (bicyclic) bond motifs is 1. The van der Waals surface area contributed by atoms with Crippen LogP contribution in [0.15, 0.2) is 0 Å². The molecule has 0 atom stereocenters. The third-order valence-electron chi connectivity index (χ3n) is 3.24. The molecule has 1 aliphatic carbocycles. The van der Waals surface area contributed by atoms with Crippen molar-refractivity contribution in [3.8, 4) is 0 Å². The van der Waals surface area contributed by atoms with E-state index in [4.69, 9.17) is 4.98 Å². The zero-order valence-electron chi connectivity index (χ0n) is 9.71. The molecule has 3 rings (SSSR count). The lowest BCUT2D eigenvalue weighted by Crippen LogP contribution is -2.27. The Labute approximate surface area is 95.9 Å². The predicted octanol–water partition coefficient (Wildman–Crippen LogP) is 1.43. The van der Waals surface area contributed by atoms with E-state index in [1.165, 1.54) is 24.1 Å². The van der Waals surface area contributed by atoms with E-state index in [2.05, 4.69) is 22.5 Å². The highest BCUT2D eigenvalue weighted by Gasteiger charge is 2.29. The summed E-state index contributed by atoms with van der Waals surface area (Å²) in [6, 6.07) is 0. The van der Waals surface area contributed by atoms with Crippen molar-refractivity contribution in [2.24, 2.45) is 0 Å². The quantitative estimate of drug-likeness (QED) is 0.806. The molecule has 0 spiro atoms. The van der Waals surface area contributed by atoms with E-state index in [0.717, 1.165) is 37.7 Å². The minimum Gasteiger partial charge on any atom is -0.370 e. The molecule has 1 saturated carbocycles. The summed E-state index contributed by atoms with van der Waals surface area (Å²) in [5.41, 5.74) is 2.53. The number of nitrogens with one attached hydrogen (secondary N) is 2. The van der Waals surface area contributed by atoms with Crippen molar-refractivity contribution in [2.75, 3.05) is 18.4 Å². The smallest absolute Gasteiger partial charge is 0.134 e. The largest absolute Gasteiger partial charge is 0.370 e. The van der Waals surface area contributed by atoms with Crippen molar-refractivity contribution in [3.05, 3.63) is 17.1 Å². The molecular weight excluding hydrogens is 200 g/mol. The van der Waals surface area contributed by atoms with Gasteiger partial charge in [0.2, 0.25) is 0 Å². The van der Waals surface area contributed by atoms with E-state index in [-0.39, 0.29) is 0 Å². The molecule has 1 aromatic rings. The maximum Gasteiger partial charge on any atom is 0.134 e. The molecule has 0 amide bonds. The van der Waals surface area contributed by atoms with Crippen molar-refractivity contribution in [1.29, 1.82) is 0 Å². The molecule has 0 unspecified atom stereocenters. The molecule has 4 heteroatoms. The molecule has 0 radical (unpaired) electrons. The molecule has 0 aromatic carbocycles. The second-order valence-electron chi connectivity index (χ2n) is 4.59. The third-order valence-corrected chi connectivity index (χ3v) is 3.24. The van der Waals surface area contributed by atoms with Gasteiger partial charge in [-0.2, -0.15) is 0 Å². The predicted molar refractivity (Wildman–Crippen MR) is 63.6 cm³/mol. The average molecular weight is 218 g/mol. The molecule has 16 heavy (non-hydrogen) atoms. The molecule has 2 N–H and O–H groups in total. The monoisotopic (exact) mass is 218 g/mol. The van der Waals surface area contributed by atoms with Gasteiger partial charge in [0.25, 0.3) is 0 Å². The van der Waals surface area contributed by atoms with Crippen LogP contribution in [0, 0.1) is 0 Å². The van der Waals surface area contributed by atoms with Crippen LogP contribution in [0.1, 0.15) is 42.8 Å². The maximum absolute atomic E-state index is 4.70. The van der Waals surface area contributed by atoms with E-state index in [9.17, 15) is 0 Å². The molecule has 0 bridgehead atoms. The molecule has 0 saturated heterocycles. The van der Waals surface area contributed by atoms with Crippen molar-refractivity contribution < 1.29 is 0 Å². The van der Waals surface area contributed by atoms with Crippen LogP contribution in [0.5, 0.6) is 0 Å². The normalized spacial score (nSPS) is 19.3. The van der Waals surface area contributed by atoms with Crippen molar-refractivity contribution in [2.45, 2.75) is 38.6 Å². The van der Waals surface area contributed by atoms with Crippen LogP contribution >= 0.6 is 0 Å². The summed E-state index contributed by atoms with van der Waals surface area (Å²) >= 11 is 0. The van der Waals surface area contributed by atoms with Crippen molar-refractivity contribution in [3.63, 3.8) is 0 Å². The third kappa shape index (κ3) is 1.78. The fourth-order valence-electron chi connectivity index (χ4n) is 2.22. The van der Waals surface area contributed by atoms with Gasteiger partial charge in [-0.1, -0.05) is 0 Å². The van der Waals surface area contributed by atoms with E-state index in [1.807, 2.05) is 0 Å². The van der Waals surface area contributed by atoms with Gasteiger partial charge >= 0.3 is 0 Å². The Morgan fingerprint density at radius 3 is 3.00 bits per heavy atom. The first kappa shape index (κ1) is 10.0. The minimum atomic E-state index is 0.629. The fourth-order valence-corrected chi connectivity index (χ4v) is 2.22. The second-order valence-corrected chi connectivity index (χ2v) is 4.59. The van der Waals surface area contributed by atoms with Gasteiger partial charge in [-0.25, -0.2) is 9.97 Å². The molecule has 1 fully saturated rings. The lowest BCUT2D eigenvalue weighted by molar-refractivity contribution is 0.618. The van der Waals surface area contributed by atoms with Crippen LogP contribution in [-0.2, 0) is 13.0 Å². The number of aromatic nitrogens is 2. The van der Waals surface area contributed by atoms with Gasteiger partial charge in [-0.15, -0.1) is 0 Å². The summed E-state index contributed by atoms with van der Waals surface area (Å²) in [4.78, 5) is 9.39. The fraction of sp³-hybridized carbons (Fsp3) is 0.667. The molecule has 86 valence electrons. The Balaban J connectivity index is 2.01. The molecular formula is C12H18N4. The Hall–Kier alpha value is -1.16. The van der Waals surface area contributed by atoms with Gasteiger partial charge in [0.05, 0.1) is 5.69 Å². The summed E-state index contributed by atoms with van der Waals surface area (Å²) in [6.07, 6.45) is 3.57. The van der Waals surface area contributed by atoms with Crippen LogP contribution < -0.4 is 10.6 Å². The maximum atomic E-state index is 4.70. The zero-order chi connectivity index (χ0) is 11.0. The number of nitrogens with zero attached hydrogens (tertiary/aromatic N) is 2. The molecule has 4 nitrogen and oxygen atoms in total. The van der Waals surface area contributed by atoms with Crippen LogP contribution in [0.25, 0.3) is 0 Å². The molecule has 1 aliphatic heterocycles. The van der Waals surface area contributed by atoms with Gasteiger partial charge in [0, 0.05) is 24.6 Å². The van der Waals surface area contributed by atoms with Gasteiger partial charge < -0.3 is 10.6 Å². The van der Waals surface area contributed by atoms with E-state index in [1.54, 1.807) is 0 Å². The van der Waals surface area contributed by atoms with Crippen LogP contribution in [0.3, 0.4) is 0 Å². The van der Waals surface area contributed by atoms with Crippen LogP contribution in [0.2, 0.25) is 0 Å². The summed E-state index contributed by atoms with van der Waals surface area (Å²) in [7, 11) is 0. The highest BCUT2D eigenvalue weighted by atomic mass is 15.1. The van der Waals surface area contributed by atoms with Crippen LogP contribution in [-0.4, -0.2) is 23.1 Å². The summed E-state index contributed by atoms with van der Waals surface area (Å²) < 4.78 is 0. The Morgan fingerprint density at radius 1 is 1.38 bits per heavy atom. The number of rotatable bonds is 3. The Kier molecular flexibility index (Phi) is 2.52. The highest BCUT2D eigenvalue weighted by Crippen LogP contribution is 2.39. The van der Waals surface area contributed by atoms with E-state index >= 15 is 0 Å². The first-order valence-electron chi connectivity index (χ1n) is 6.22. The highest BCUT2D eigenvalue weighted by molar-refractivity contribution is 5.48. The summed E-state index contributed by atoms with van der Waals surface area (Å²) in [5, 5.41) is 6.76. The number of hydrogen-bond donors (Lipinski definition) is 2. The minimum absolute atomic E-state index is 0.629. The van der Waals surface area contributed by atoms with Crippen molar-refractivity contribution >= 4 is 5.82 Å². The average Bonchev–Trinajstić information content (AvgIpc) is 3.13. The summed E-state index contributed by atoms with van der Waals surface area (Å²) in [6.45, 7) is 4.99. The standard InChI is InChI=1S/C12H18N4/c1-2-14-12-9-5-6-13-7-10(9)15-11(16-12)8-3-4-8/h8,13H,2-7H2,1H3,(H,14,15,16). The van der Waals surface area contributed by atoms with Crippen molar-refractivity contribution in [1.82, 2.24) is 15.3 Å². The zero-order valence-corrected chi connectivity index (χ0v) is 9.71. The number of anilines is 1. The lowest BCUT2D eigenvalue weighted by atomic mass is 10.1. The topological polar surface area (TPSA) is 49.8 Å². The van der Waals surface area contributed by atoms with E-state index in [0.29, 0.717) is 5.92 Å². The summed E-state index contributed by atoms with van der Waals surface area (Å²) in [5.74, 6) is 2.76. The molecule has 2 aliphatic rings. The van der Waals surface area contributed by atoms with Crippen LogP contribution in [0.4, 0.5) is 5.82 Å². The SMILES string of the molecule is CCNc1nc(C2CC2)nc2c1CCNC2. The number of hydrogen-bond acceptors (Lipinski definition) is 4. The first-order chi connectivity index (χ1) is 7.88. The van der Waals surface area contributed by atoms with Gasteiger partial charge in [0.1, 0.15) is 11.6 Å². The van der Waals surface area contributed by atoms with Gasteiger partial charge in [-0.05, 0) is 32.7 Å². The van der Waals surface area contributed by atoms with Gasteiger partial charge in [0.15, 0.2) is 0 Å². The molecule has 1 aromatic heterocycles. The lowest BCUT2D eigenvalue weighted by Gasteiger charge is -2.20. The second kappa shape index (κ2) is 4.01. The first-order valence-corrected chi connectivity index (χ1v) is 6.22.